The van der Waals surface area contributed by atoms with E-state index in [9.17, 15) is 4.79 Å². The molecular weight excluding hydrogens is 428 g/mol. The fourth-order valence-corrected chi connectivity index (χ4v) is 4.42. The van der Waals surface area contributed by atoms with E-state index in [1.54, 1.807) is 6.07 Å². The molecule has 0 fully saturated rings. The normalized spacial score (nSPS) is 13.3. The van der Waals surface area contributed by atoms with E-state index in [-0.39, 0.29) is 0 Å². The van der Waals surface area contributed by atoms with Crippen molar-refractivity contribution in [2.45, 2.75) is 26.1 Å². The maximum Gasteiger partial charge on any atom is 0.249 e. The fourth-order valence-electron chi connectivity index (χ4n) is 4.42. The third kappa shape index (κ3) is 4.25. The minimum atomic E-state index is -0.451. The zero-order valence-corrected chi connectivity index (χ0v) is 19.4. The van der Waals surface area contributed by atoms with E-state index in [2.05, 4.69) is 22.3 Å². The number of benzene rings is 2. The number of anilines is 1. The van der Waals surface area contributed by atoms with Crippen molar-refractivity contribution in [3.05, 3.63) is 82.7 Å². The van der Waals surface area contributed by atoms with Gasteiger partial charge in [0.05, 0.1) is 24.4 Å². The monoisotopic (exact) mass is 456 g/mol. The van der Waals surface area contributed by atoms with Gasteiger partial charge in [0.15, 0.2) is 0 Å². The molecule has 0 aliphatic carbocycles. The van der Waals surface area contributed by atoms with E-state index in [4.69, 9.17) is 20.4 Å². The third-order valence-corrected chi connectivity index (χ3v) is 5.98. The van der Waals surface area contributed by atoms with Gasteiger partial charge in [-0.25, -0.2) is 4.98 Å². The number of carbonyl (C=O) groups excluding carboxylic acids is 1. The van der Waals surface area contributed by atoms with E-state index in [0.717, 1.165) is 40.1 Å². The number of nitrogens with zero attached hydrogens (tertiary/aromatic N) is 4. The second kappa shape index (κ2) is 9.24. The molecule has 8 heteroatoms. The maximum atomic E-state index is 12.1. The molecule has 0 radical (unpaired) electrons. The van der Waals surface area contributed by atoms with Crippen LogP contribution in [0.4, 0.5) is 5.82 Å². The first-order valence-corrected chi connectivity index (χ1v) is 11.3. The number of amides is 1. The summed E-state index contributed by atoms with van der Waals surface area (Å²) in [5, 5.41) is 4.30. The van der Waals surface area contributed by atoms with Gasteiger partial charge in [-0.15, -0.1) is 0 Å². The SMILES string of the molecule is CN(C)Cc1cc2c(C(N)=O)cccc2n1-c1nc2c(c(NCc3ccccc3)n1)COCC2. The summed E-state index contributed by atoms with van der Waals surface area (Å²) in [6, 6.07) is 17.8. The minimum Gasteiger partial charge on any atom is -0.376 e. The Morgan fingerprint density at radius 2 is 1.97 bits per heavy atom. The number of fused-ring (bicyclic) bond motifs is 2. The van der Waals surface area contributed by atoms with Crippen molar-refractivity contribution >= 4 is 22.6 Å². The summed E-state index contributed by atoms with van der Waals surface area (Å²) >= 11 is 0. The van der Waals surface area contributed by atoms with Crippen LogP contribution in [-0.2, 0) is 30.9 Å². The lowest BCUT2D eigenvalue weighted by molar-refractivity contribution is 0.100. The molecule has 2 aromatic carbocycles. The molecule has 1 amide bonds. The highest BCUT2D eigenvalue weighted by Crippen LogP contribution is 2.30. The molecule has 3 heterocycles. The van der Waals surface area contributed by atoms with Gasteiger partial charge in [-0.2, -0.15) is 4.98 Å². The Balaban J connectivity index is 1.66. The summed E-state index contributed by atoms with van der Waals surface area (Å²) in [6.45, 7) is 2.41. The van der Waals surface area contributed by atoms with E-state index in [1.807, 2.05) is 55.1 Å². The van der Waals surface area contributed by atoms with E-state index in [1.165, 1.54) is 5.56 Å². The van der Waals surface area contributed by atoms with Crippen LogP contribution in [0, 0.1) is 0 Å². The Bertz CT molecular complexity index is 1350. The Morgan fingerprint density at radius 1 is 1.15 bits per heavy atom. The fraction of sp³-hybridized carbons (Fsp3) is 0.269. The number of nitrogens with two attached hydrogens (primary N) is 1. The van der Waals surface area contributed by atoms with Crippen LogP contribution in [0.5, 0.6) is 0 Å². The third-order valence-electron chi connectivity index (χ3n) is 5.98. The van der Waals surface area contributed by atoms with E-state index >= 15 is 0 Å². The summed E-state index contributed by atoms with van der Waals surface area (Å²) in [7, 11) is 4.02. The van der Waals surface area contributed by atoms with Crippen LogP contribution in [0.2, 0.25) is 0 Å². The molecule has 0 spiro atoms. The first-order chi connectivity index (χ1) is 16.5. The summed E-state index contributed by atoms with van der Waals surface area (Å²) < 4.78 is 7.76. The second-order valence-electron chi connectivity index (χ2n) is 8.75. The van der Waals surface area contributed by atoms with Crippen LogP contribution in [0.3, 0.4) is 0 Å². The lowest BCUT2D eigenvalue weighted by Gasteiger charge is -2.21. The zero-order chi connectivity index (χ0) is 23.7. The predicted octanol–water partition coefficient (Wildman–Crippen LogP) is 3.27. The highest BCUT2D eigenvalue weighted by Gasteiger charge is 2.22. The first kappa shape index (κ1) is 22.1. The van der Waals surface area contributed by atoms with Gasteiger partial charge in [0.25, 0.3) is 0 Å². The Kier molecular flexibility index (Phi) is 6.00. The average Bonchev–Trinajstić information content (AvgIpc) is 3.20. The van der Waals surface area contributed by atoms with E-state index in [0.29, 0.717) is 37.8 Å². The molecule has 0 saturated heterocycles. The van der Waals surface area contributed by atoms with Crippen LogP contribution >= 0.6 is 0 Å². The highest BCUT2D eigenvalue weighted by molar-refractivity contribution is 6.06. The molecule has 0 saturated carbocycles. The van der Waals surface area contributed by atoms with Gasteiger partial charge in [0.1, 0.15) is 5.82 Å². The van der Waals surface area contributed by atoms with Crippen molar-refractivity contribution in [2.24, 2.45) is 5.73 Å². The van der Waals surface area contributed by atoms with Crippen molar-refractivity contribution in [1.29, 1.82) is 0 Å². The number of primary amides is 1. The van der Waals surface area contributed by atoms with Crippen LogP contribution in [0.15, 0.2) is 54.6 Å². The van der Waals surface area contributed by atoms with Gasteiger partial charge < -0.3 is 20.7 Å². The smallest absolute Gasteiger partial charge is 0.249 e. The number of carbonyl (C=O) groups is 1. The van der Waals surface area contributed by atoms with Gasteiger partial charge in [-0.1, -0.05) is 36.4 Å². The van der Waals surface area contributed by atoms with Crippen molar-refractivity contribution < 1.29 is 9.53 Å². The number of hydrogen-bond donors (Lipinski definition) is 2. The van der Waals surface area contributed by atoms with Crippen LogP contribution in [-0.4, -0.2) is 46.0 Å². The molecule has 4 aromatic rings. The van der Waals surface area contributed by atoms with Gasteiger partial charge in [0, 0.05) is 41.7 Å². The highest BCUT2D eigenvalue weighted by atomic mass is 16.5. The van der Waals surface area contributed by atoms with Gasteiger partial charge >= 0.3 is 0 Å². The first-order valence-electron chi connectivity index (χ1n) is 11.3. The Hall–Kier alpha value is -3.75. The van der Waals surface area contributed by atoms with Crippen molar-refractivity contribution in [2.75, 3.05) is 26.0 Å². The molecule has 5 rings (SSSR count). The molecule has 8 nitrogen and oxygen atoms in total. The Morgan fingerprint density at radius 3 is 2.74 bits per heavy atom. The molecule has 174 valence electrons. The van der Waals surface area contributed by atoms with Gasteiger partial charge in [0.2, 0.25) is 11.9 Å². The standard InChI is InChI=1S/C26H28N6O2/c1-31(2)15-18-13-20-19(24(27)33)9-6-10-23(20)32(18)26-29-22-11-12-34-16-21(22)25(30-26)28-14-17-7-4-3-5-8-17/h3-10,13H,11-12,14-16H2,1-2H3,(H2,27,33)(H,28,29,30). The van der Waals surface area contributed by atoms with E-state index < -0.39 is 5.91 Å². The molecule has 3 N–H and O–H groups in total. The molecule has 0 bridgehead atoms. The quantitative estimate of drug-likeness (QED) is 0.443. The molecule has 1 aliphatic heterocycles. The van der Waals surface area contributed by atoms with Crippen LogP contribution < -0.4 is 11.1 Å². The van der Waals surface area contributed by atoms with Gasteiger partial charge in [-0.05, 0) is 37.9 Å². The van der Waals surface area contributed by atoms with Crippen LogP contribution in [0.1, 0.15) is 32.9 Å². The number of nitrogens with one attached hydrogen (secondary N) is 1. The van der Waals surface area contributed by atoms with Gasteiger partial charge in [-0.3, -0.25) is 9.36 Å². The van der Waals surface area contributed by atoms with Crippen LogP contribution in [0.25, 0.3) is 16.9 Å². The molecule has 0 atom stereocenters. The number of ether oxygens (including phenoxy) is 1. The molecule has 0 unspecified atom stereocenters. The van der Waals surface area contributed by atoms with Crippen molar-refractivity contribution in [1.82, 2.24) is 19.4 Å². The lowest BCUT2D eigenvalue weighted by Crippen LogP contribution is -2.20. The predicted molar refractivity (Wildman–Crippen MR) is 132 cm³/mol. The minimum absolute atomic E-state index is 0.451. The molecule has 34 heavy (non-hydrogen) atoms. The van der Waals surface area contributed by atoms with Crippen molar-refractivity contribution in [3.63, 3.8) is 0 Å². The largest absolute Gasteiger partial charge is 0.376 e. The summed E-state index contributed by atoms with van der Waals surface area (Å²) in [6.07, 6.45) is 0.722. The van der Waals surface area contributed by atoms with Crippen molar-refractivity contribution in [3.8, 4) is 5.95 Å². The topological polar surface area (TPSA) is 98.3 Å². The summed E-state index contributed by atoms with van der Waals surface area (Å²) in [5.74, 6) is 0.893. The average molecular weight is 457 g/mol. The number of hydrogen-bond acceptors (Lipinski definition) is 6. The summed E-state index contributed by atoms with van der Waals surface area (Å²) in [4.78, 5) is 24.1. The maximum absolute atomic E-state index is 12.1. The second-order valence-corrected chi connectivity index (χ2v) is 8.75. The lowest BCUT2D eigenvalue weighted by atomic mass is 10.1. The summed E-state index contributed by atoms with van der Waals surface area (Å²) in [5.41, 5.74) is 11.1. The molecule has 2 aromatic heterocycles. The molecular formula is C26H28N6O2. The Labute approximate surface area is 198 Å². The number of aromatic nitrogens is 3. The zero-order valence-electron chi connectivity index (χ0n) is 19.4. The number of rotatable bonds is 7. The molecule has 1 aliphatic rings.